The van der Waals surface area contributed by atoms with Gasteiger partial charge in [0.15, 0.2) is 5.69 Å². The average molecular weight is 404 g/mol. The second-order valence-electron chi connectivity index (χ2n) is 7.48. The van der Waals surface area contributed by atoms with Crippen molar-refractivity contribution in [2.75, 3.05) is 20.1 Å². The Morgan fingerprint density at radius 3 is 2.45 bits per heavy atom. The number of nitrogens with one attached hydrogen (secondary N) is 1. The fourth-order valence-electron chi connectivity index (χ4n) is 3.67. The quantitative estimate of drug-likeness (QED) is 0.755. The predicted molar refractivity (Wildman–Crippen MR) is 106 cm³/mol. The van der Waals surface area contributed by atoms with Crippen LogP contribution in [0.1, 0.15) is 48.4 Å². The normalized spacial score (nSPS) is 16.4. The first-order chi connectivity index (χ1) is 13.8. The van der Waals surface area contributed by atoms with E-state index in [4.69, 9.17) is 0 Å². The highest BCUT2D eigenvalue weighted by atomic mass is 19.1. The summed E-state index contributed by atoms with van der Waals surface area (Å²) in [6, 6.07) is 4.88. The van der Waals surface area contributed by atoms with Crippen molar-refractivity contribution in [3.63, 3.8) is 0 Å². The summed E-state index contributed by atoms with van der Waals surface area (Å²) >= 11 is 0. The Balaban J connectivity index is 2.11. The maximum atomic E-state index is 13.2. The van der Waals surface area contributed by atoms with Crippen molar-refractivity contribution in [3.8, 4) is 5.75 Å². The van der Waals surface area contributed by atoms with Gasteiger partial charge in [-0.05, 0) is 51.6 Å². The third-order valence-corrected chi connectivity index (χ3v) is 5.12. The van der Waals surface area contributed by atoms with Gasteiger partial charge in [0, 0.05) is 19.1 Å². The number of halogens is 1. The third kappa shape index (κ3) is 3.82. The number of aromatic hydroxyl groups is 1. The molecule has 0 saturated carbocycles. The number of rotatable bonds is 6. The molecule has 0 bridgehead atoms. The van der Waals surface area contributed by atoms with Gasteiger partial charge in [-0.1, -0.05) is 12.1 Å². The number of nitrogens with zero attached hydrogens (tertiary/aromatic N) is 3. The van der Waals surface area contributed by atoms with E-state index in [1.54, 1.807) is 33.0 Å². The molecule has 2 aromatic rings. The molecule has 1 unspecified atom stereocenters. The molecule has 29 heavy (non-hydrogen) atoms. The van der Waals surface area contributed by atoms with Crippen LogP contribution in [0.15, 0.2) is 33.9 Å². The standard InChI is InChI=1S/C20H25FN4O4/c1-12(2)24-19(28)17(26)16-18(27)23(10-13-4-6-14(21)7-5-13)11-15(8-9-22-3)25(16)20(24)29/h4-7,12,15,22,26H,8-11H2,1-3H3. The molecule has 1 aliphatic rings. The zero-order valence-corrected chi connectivity index (χ0v) is 16.7. The first kappa shape index (κ1) is 20.8. The van der Waals surface area contributed by atoms with Crippen LogP contribution in [0.3, 0.4) is 0 Å². The average Bonchev–Trinajstić information content (AvgIpc) is 2.67. The third-order valence-electron chi connectivity index (χ3n) is 5.12. The maximum Gasteiger partial charge on any atom is 0.332 e. The lowest BCUT2D eigenvalue weighted by Gasteiger charge is -2.36. The summed E-state index contributed by atoms with van der Waals surface area (Å²) in [6.45, 7) is 4.33. The number of amides is 1. The van der Waals surface area contributed by atoms with Crippen molar-refractivity contribution in [2.24, 2.45) is 0 Å². The van der Waals surface area contributed by atoms with E-state index in [1.165, 1.54) is 21.6 Å². The molecule has 0 spiro atoms. The van der Waals surface area contributed by atoms with Crippen molar-refractivity contribution in [1.29, 1.82) is 0 Å². The van der Waals surface area contributed by atoms with Crippen LogP contribution in [0.2, 0.25) is 0 Å². The summed E-state index contributed by atoms with van der Waals surface area (Å²) in [6.07, 6.45) is 0.520. The highest BCUT2D eigenvalue weighted by Gasteiger charge is 2.37. The Bertz CT molecular complexity index is 1030. The fraction of sp³-hybridized carbons (Fsp3) is 0.450. The van der Waals surface area contributed by atoms with Crippen LogP contribution in [0, 0.1) is 5.82 Å². The molecule has 0 fully saturated rings. The van der Waals surface area contributed by atoms with Gasteiger partial charge < -0.3 is 15.3 Å². The van der Waals surface area contributed by atoms with Crippen LogP contribution in [-0.4, -0.2) is 45.2 Å². The van der Waals surface area contributed by atoms with E-state index in [9.17, 15) is 23.9 Å². The second kappa shape index (κ2) is 8.20. The van der Waals surface area contributed by atoms with E-state index >= 15 is 0 Å². The number of fused-ring (bicyclic) bond motifs is 1. The van der Waals surface area contributed by atoms with E-state index < -0.39 is 35.0 Å². The molecule has 0 saturated heterocycles. The second-order valence-corrected chi connectivity index (χ2v) is 7.48. The van der Waals surface area contributed by atoms with Crippen LogP contribution >= 0.6 is 0 Å². The molecule has 1 aromatic carbocycles. The summed E-state index contributed by atoms with van der Waals surface area (Å²) in [4.78, 5) is 40.1. The summed E-state index contributed by atoms with van der Waals surface area (Å²) in [7, 11) is 1.78. The zero-order valence-electron chi connectivity index (χ0n) is 16.7. The highest BCUT2D eigenvalue weighted by Crippen LogP contribution is 2.27. The van der Waals surface area contributed by atoms with Gasteiger partial charge in [-0.15, -0.1) is 0 Å². The number of benzene rings is 1. The van der Waals surface area contributed by atoms with Gasteiger partial charge in [-0.25, -0.2) is 9.18 Å². The first-order valence-electron chi connectivity index (χ1n) is 9.54. The van der Waals surface area contributed by atoms with E-state index in [2.05, 4.69) is 5.32 Å². The molecule has 1 amide bonds. The Morgan fingerprint density at radius 1 is 1.21 bits per heavy atom. The number of aromatic nitrogens is 2. The Kier molecular flexibility index (Phi) is 5.88. The van der Waals surface area contributed by atoms with Crippen molar-refractivity contribution in [2.45, 2.75) is 38.9 Å². The maximum absolute atomic E-state index is 13.2. The van der Waals surface area contributed by atoms with Gasteiger partial charge >= 0.3 is 5.69 Å². The minimum Gasteiger partial charge on any atom is -0.501 e. The summed E-state index contributed by atoms with van der Waals surface area (Å²) in [5, 5.41) is 13.5. The number of hydrogen-bond acceptors (Lipinski definition) is 5. The number of carbonyl (C=O) groups is 1. The van der Waals surface area contributed by atoms with Crippen LogP contribution in [0.4, 0.5) is 4.39 Å². The van der Waals surface area contributed by atoms with E-state index in [0.29, 0.717) is 18.5 Å². The molecule has 2 heterocycles. The fourth-order valence-corrected chi connectivity index (χ4v) is 3.67. The largest absolute Gasteiger partial charge is 0.501 e. The highest BCUT2D eigenvalue weighted by molar-refractivity contribution is 5.95. The van der Waals surface area contributed by atoms with Gasteiger partial charge in [0.1, 0.15) is 5.82 Å². The lowest BCUT2D eigenvalue weighted by atomic mass is 10.1. The van der Waals surface area contributed by atoms with Gasteiger partial charge in [0.05, 0.1) is 6.04 Å². The monoisotopic (exact) mass is 404 g/mol. The molecule has 0 aliphatic carbocycles. The van der Waals surface area contributed by atoms with Crippen molar-refractivity contribution in [1.82, 2.24) is 19.4 Å². The zero-order chi connectivity index (χ0) is 21.3. The summed E-state index contributed by atoms with van der Waals surface area (Å²) < 4.78 is 15.4. The Labute approximate surface area is 167 Å². The van der Waals surface area contributed by atoms with Crippen LogP contribution in [0.5, 0.6) is 5.75 Å². The molecule has 2 N–H and O–H groups in total. The Hall–Kier alpha value is -2.94. The van der Waals surface area contributed by atoms with Crippen molar-refractivity contribution in [3.05, 3.63) is 62.2 Å². The van der Waals surface area contributed by atoms with E-state index in [0.717, 1.165) is 4.57 Å². The molecule has 1 aromatic heterocycles. The molecule has 3 rings (SSSR count). The lowest BCUT2D eigenvalue weighted by molar-refractivity contribution is 0.0630. The lowest BCUT2D eigenvalue weighted by Crippen LogP contribution is -2.52. The molecule has 156 valence electrons. The predicted octanol–water partition coefficient (Wildman–Crippen LogP) is 1.24. The van der Waals surface area contributed by atoms with Gasteiger partial charge in [0.25, 0.3) is 11.5 Å². The molecular weight excluding hydrogens is 379 g/mol. The van der Waals surface area contributed by atoms with Crippen LogP contribution < -0.4 is 16.6 Å². The molecule has 0 radical (unpaired) electrons. The first-order valence-corrected chi connectivity index (χ1v) is 9.54. The Morgan fingerprint density at radius 2 is 1.86 bits per heavy atom. The van der Waals surface area contributed by atoms with Crippen molar-refractivity contribution >= 4 is 5.91 Å². The molecular formula is C20H25FN4O4. The van der Waals surface area contributed by atoms with E-state index in [1.807, 2.05) is 0 Å². The minimum absolute atomic E-state index is 0.177. The molecule has 9 heteroatoms. The van der Waals surface area contributed by atoms with Gasteiger partial charge in [-0.3, -0.25) is 18.7 Å². The van der Waals surface area contributed by atoms with Crippen LogP contribution in [0.25, 0.3) is 0 Å². The summed E-state index contributed by atoms with van der Waals surface area (Å²) in [5.74, 6) is -1.70. The molecule has 8 nitrogen and oxygen atoms in total. The van der Waals surface area contributed by atoms with Crippen molar-refractivity contribution < 1.29 is 14.3 Å². The van der Waals surface area contributed by atoms with Crippen LogP contribution in [-0.2, 0) is 6.54 Å². The smallest absolute Gasteiger partial charge is 0.332 e. The summed E-state index contributed by atoms with van der Waals surface area (Å²) in [5.41, 5.74) is -1.06. The van der Waals surface area contributed by atoms with Gasteiger partial charge in [0.2, 0.25) is 5.75 Å². The van der Waals surface area contributed by atoms with Gasteiger partial charge in [-0.2, -0.15) is 0 Å². The molecule has 1 atom stereocenters. The molecule has 1 aliphatic heterocycles. The number of hydrogen-bond donors (Lipinski definition) is 2. The minimum atomic E-state index is -0.874. The SMILES string of the molecule is CNCCC1CN(Cc2ccc(F)cc2)C(=O)c2c(O)c(=O)n(C(C)C)c(=O)n21. The number of carbonyl (C=O) groups excluding carboxylic acids is 1. The topological polar surface area (TPSA) is 96.6 Å². The van der Waals surface area contributed by atoms with E-state index in [-0.39, 0.29) is 24.6 Å².